The minimum absolute atomic E-state index is 0.147. The van der Waals surface area contributed by atoms with Gasteiger partial charge in [-0.3, -0.25) is 0 Å². The van der Waals surface area contributed by atoms with Crippen LogP contribution in [-0.2, 0) is 19.6 Å². The van der Waals surface area contributed by atoms with E-state index in [2.05, 4.69) is 36.5 Å². The summed E-state index contributed by atoms with van der Waals surface area (Å²) >= 11 is 0. The van der Waals surface area contributed by atoms with Crippen LogP contribution in [0.25, 0.3) is 0 Å². The largest absolute Gasteiger partial charge is 0.508 e. The number of benzene rings is 2. The Labute approximate surface area is 174 Å². The zero-order valence-electron chi connectivity index (χ0n) is 17.4. The summed E-state index contributed by atoms with van der Waals surface area (Å²) in [7, 11) is 0. The molecule has 3 heteroatoms. The SMILES string of the molecule is C[C@]12CCC3c4ccc(CO)cc4CCC3C1CC[C@@H]2NCc1cccc(O)c1. The second kappa shape index (κ2) is 7.45. The van der Waals surface area contributed by atoms with Crippen LogP contribution in [0.3, 0.4) is 0 Å². The van der Waals surface area contributed by atoms with Crippen molar-refractivity contribution in [1.29, 1.82) is 0 Å². The van der Waals surface area contributed by atoms with Gasteiger partial charge in [0, 0.05) is 12.6 Å². The number of aliphatic hydroxyl groups is 1. The normalized spacial score (nSPS) is 33.0. The number of aliphatic hydroxyl groups excluding tert-OH is 1. The summed E-state index contributed by atoms with van der Waals surface area (Å²) < 4.78 is 0. The van der Waals surface area contributed by atoms with Crippen LogP contribution in [0.5, 0.6) is 5.75 Å². The molecule has 3 aliphatic rings. The zero-order chi connectivity index (χ0) is 20.0. The van der Waals surface area contributed by atoms with E-state index in [1.54, 1.807) is 11.6 Å². The van der Waals surface area contributed by atoms with Crippen LogP contribution in [0.1, 0.15) is 67.2 Å². The van der Waals surface area contributed by atoms with Gasteiger partial charge in [0.05, 0.1) is 6.61 Å². The van der Waals surface area contributed by atoms with Crippen molar-refractivity contribution in [3.8, 4) is 5.75 Å². The van der Waals surface area contributed by atoms with Crippen molar-refractivity contribution in [2.45, 2.75) is 70.6 Å². The molecule has 0 bridgehead atoms. The van der Waals surface area contributed by atoms with Crippen molar-refractivity contribution < 1.29 is 10.2 Å². The van der Waals surface area contributed by atoms with Crippen molar-refractivity contribution in [2.24, 2.45) is 17.3 Å². The first kappa shape index (κ1) is 19.1. The summed E-state index contributed by atoms with van der Waals surface area (Å²) in [4.78, 5) is 0. The Morgan fingerprint density at radius 2 is 1.93 bits per heavy atom. The van der Waals surface area contributed by atoms with Crippen LogP contribution < -0.4 is 5.32 Å². The minimum atomic E-state index is 0.147. The lowest BCUT2D eigenvalue weighted by molar-refractivity contribution is 0.0408. The molecule has 2 aromatic carbocycles. The maximum absolute atomic E-state index is 9.74. The molecular formula is C26H33NO2. The van der Waals surface area contributed by atoms with E-state index in [0.29, 0.717) is 23.1 Å². The Morgan fingerprint density at radius 1 is 1.03 bits per heavy atom. The fourth-order valence-electron chi connectivity index (χ4n) is 6.98. The Balaban J connectivity index is 1.33. The molecule has 29 heavy (non-hydrogen) atoms. The van der Waals surface area contributed by atoms with Gasteiger partial charge in [-0.2, -0.15) is 0 Å². The number of phenols is 1. The quantitative estimate of drug-likeness (QED) is 0.695. The molecule has 3 N–H and O–H groups in total. The Kier molecular flexibility index (Phi) is 4.92. The highest BCUT2D eigenvalue weighted by Crippen LogP contribution is 2.60. The monoisotopic (exact) mass is 391 g/mol. The summed E-state index contributed by atoms with van der Waals surface area (Å²) in [6, 6.07) is 14.9. The molecule has 0 heterocycles. The second-order valence-corrected chi connectivity index (χ2v) is 9.83. The van der Waals surface area contributed by atoms with Crippen LogP contribution >= 0.6 is 0 Å². The maximum atomic E-state index is 9.74. The number of aromatic hydroxyl groups is 1. The van der Waals surface area contributed by atoms with E-state index in [9.17, 15) is 10.2 Å². The molecule has 3 aliphatic carbocycles. The predicted octanol–water partition coefficient (Wildman–Crippen LogP) is 4.90. The average molecular weight is 392 g/mol. The van der Waals surface area contributed by atoms with Gasteiger partial charge in [0.15, 0.2) is 0 Å². The van der Waals surface area contributed by atoms with Gasteiger partial charge in [0.1, 0.15) is 5.75 Å². The third kappa shape index (κ3) is 3.29. The molecule has 2 aromatic rings. The summed E-state index contributed by atoms with van der Waals surface area (Å²) in [5, 5.41) is 23.1. The molecule has 0 aromatic heterocycles. The lowest BCUT2D eigenvalue weighted by atomic mass is 9.55. The molecule has 3 unspecified atom stereocenters. The lowest BCUT2D eigenvalue weighted by Gasteiger charge is -2.51. The molecule has 0 spiro atoms. The molecule has 0 radical (unpaired) electrons. The van der Waals surface area contributed by atoms with E-state index in [-0.39, 0.29) is 6.61 Å². The number of fused-ring (bicyclic) bond motifs is 5. The topological polar surface area (TPSA) is 52.5 Å². The first-order valence-corrected chi connectivity index (χ1v) is 11.3. The molecule has 0 saturated heterocycles. The van der Waals surface area contributed by atoms with Gasteiger partial charge in [-0.05, 0) is 96.1 Å². The molecule has 5 rings (SSSR count). The molecule has 154 valence electrons. The highest BCUT2D eigenvalue weighted by molar-refractivity contribution is 5.38. The molecule has 2 fully saturated rings. The van der Waals surface area contributed by atoms with Crippen LogP contribution in [0.2, 0.25) is 0 Å². The summed E-state index contributed by atoms with van der Waals surface area (Å²) in [5.74, 6) is 2.65. The third-order valence-electron chi connectivity index (χ3n) is 8.44. The Morgan fingerprint density at radius 3 is 2.76 bits per heavy atom. The summed E-state index contributed by atoms with van der Waals surface area (Å²) in [6.07, 6.45) is 7.63. The van der Waals surface area contributed by atoms with E-state index in [4.69, 9.17) is 0 Å². The van der Waals surface area contributed by atoms with E-state index in [1.165, 1.54) is 37.7 Å². The van der Waals surface area contributed by atoms with Crippen LogP contribution in [-0.4, -0.2) is 16.3 Å². The summed E-state index contributed by atoms with van der Waals surface area (Å²) in [6.45, 7) is 3.52. The van der Waals surface area contributed by atoms with Crippen molar-refractivity contribution in [3.05, 3.63) is 64.7 Å². The molecule has 5 atom stereocenters. The average Bonchev–Trinajstić information content (AvgIpc) is 3.08. The van der Waals surface area contributed by atoms with E-state index < -0.39 is 0 Å². The third-order valence-corrected chi connectivity index (χ3v) is 8.44. The van der Waals surface area contributed by atoms with Crippen LogP contribution in [0, 0.1) is 17.3 Å². The van der Waals surface area contributed by atoms with Crippen molar-refractivity contribution in [1.82, 2.24) is 5.32 Å². The minimum Gasteiger partial charge on any atom is -0.508 e. The van der Waals surface area contributed by atoms with Gasteiger partial charge in [0.25, 0.3) is 0 Å². The van der Waals surface area contributed by atoms with Crippen LogP contribution in [0.4, 0.5) is 0 Å². The molecule has 0 aliphatic heterocycles. The molecule has 3 nitrogen and oxygen atoms in total. The molecule has 2 saturated carbocycles. The zero-order valence-corrected chi connectivity index (χ0v) is 17.4. The number of hydrogen-bond acceptors (Lipinski definition) is 3. The van der Waals surface area contributed by atoms with Crippen molar-refractivity contribution >= 4 is 0 Å². The van der Waals surface area contributed by atoms with E-state index in [1.807, 2.05) is 12.1 Å². The van der Waals surface area contributed by atoms with E-state index >= 15 is 0 Å². The van der Waals surface area contributed by atoms with Gasteiger partial charge < -0.3 is 15.5 Å². The number of aryl methyl sites for hydroxylation is 1. The highest BCUT2D eigenvalue weighted by atomic mass is 16.3. The maximum Gasteiger partial charge on any atom is 0.115 e. The van der Waals surface area contributed by atoms with Gasteiger partial charge in [-0.15, -0.1) is 0 Å². The number of rotatable bonds is 4. The first-order chi connectivity index (χ1) is 14.1. The number of phenolic OH excluding ortho intramolecular Hbond substituents is 1. The first-order valence-electron chi connectivity index (χ1n) is 11.3. The standard InChI is InChI=1S/C26H33NO2/c1-26-12-11-22-21-7-5-18(16-28)13-19(21)6-8-23(22)24(26)9-10-25(26)27-15-17-3-2-4-20(29)14-17/h2-5,7,13-14,22-25,27-29H,6,8-12,15-16H2,1H3/t22?,23?,24?,25-,26-/m0/s1. The van der Waals surface area contributed by atoms with Crippen molar-refractivity contribution in [2.75, 3.05) is 0 Å². The van der Waals surface area contributed by atoms with Gasteiger partial charge in [-0.25, -0.2) is 0 Å². The number of nitrogens with one attached hydrogen (secondary N) is 1. The predicted molar refractivity (Wildman–Crippen MR) is 116 cm³/mol. The second-order valence-electron chi connectivity index (χ2n) is 9.83. The smallest absolute Gasteiger partial charge is 0.115 e. The van der Waals surface area contributed by atoms with Crippen LogP contribution in [0.15, 0.2) is 42.5 Å². The van der Waals surface area contributed by atoms with Crippen molar-refractivity contribution in [3.63, 3.8) is 0 Å². The fraction of sp³-hybridized carbons (Fsp3) is 0.538. The Hall–Kier alpha value is -1.84. The fourth-order valence-corrected chi connectivity index (χ4v) is 6.98. The van der Waals surface area contributed by atoms with E-state index in [0.717, 1.165) is 35.9 Å². The van der Waals surface area contributed by atoms with Gasteiger partial charge in [0.2, 0.25) is 0 Å². The van der Waals surface area contributed by atoms with Gasteiger partial charge in [-0.1, -0.05) is 37.3 Å². The summed E-state index contributed by atoms with van der Waals surface area (Å²) in [5.41, 5.74) is 5.65. The molecule has 0 amide bonds. The van der Waals surface area contributed by atoms with Gasteiger partial charge >= 0.3 is 0 Å². The lowest BCUT2D eigenvalue weighted by Crippen LogP contribution is -2.48. The number of hydrogen-bond donors (Lipinski definition) is 3. The Bertz CT molecular complexity index is 894. The molecular weight excluding hydrogens is 358 g/mol. The highest BCUT2D eigenvalue weighted by Gasteiger charge is 2.54.